The van der Waals surface area contributed by atoms with Gasteiger partial charge in [-0.2, -0.15) is 0 Å². The highest BCUT2D eigenvalue weighted by Gasteiger charge is 2.18. The third-order valence-electron chi connectivity index (χ3n) is 4.01. The Morgan fingerprint density at radius 2 is 1.85 bits per heavy atom. The molecule has 0 spiro atoms. The molecule has 144 valence electrons. The summed E-state index contributed by atoms with van der Waals surface area (Å²) in [6.07, 6.45) is 0.0609. The SMILES string of the molecule is COc1ccc(N(CCC(N)=O)C(=O)CN(C)Cc2cccc(F)c2)cc1. The fourth-order valence-corrected chi connectivity index (χ4v) is 2.70. The zero-order chi connectivity index (χ0) is 19.8. The standard InChI is InChI=1S/C20H24FN3O3/c1-23(13-15-4-3-5-16(21)12-15)14-20(26)24(11-10-19(22)25)17-6-8-18(27-2)9-7-17/h3-9,12H,10-11,13-14H2,1-2H3,(H2,22,25). The van der Waals surface area contributed by atoms with Crippen molar-refractivity contribution in [3.63, 3.8) is 0 Å². The van der Waals surface area contributed by atoms with E-state index in [4.69, 9.17) is 10.5 Å². The lowest BCUT2D eigenvalue weighted by Crippen LogP contribution is -2.40. The predicted molar refractivity (Wildman–Crippen MR) is 102 cm³/mol. The molecule has 0 aliphatic carbocycles. The van der Waals surface area contributed by atoms with Crippen molar-refractivity contribution in [3.8, 4) is 5.75 Å². The quantitative estimate of drug-likeness (QED) is 0.731. The largest absolute Gasteiger partial charge is 0.497 e. The van der Waals surface area contributed by atoms with Crippen molar-refractivity contribution in [2.75, 3.05) is 32.1 Å². The summed E-state index contributed by atoms with van der Waals surface area (Å²) in [4.78, 5) is 27.3. The lowest BCUT2D eigenvalue weighted by Gasteiger charge is -2.25. The summed E-state index contributed by atoms with van der Waals surface area (Å²) in [6.45, 7) is 0.728. The van der Waals surface area contributed by atoms with Crippen molar-refractivity contribution in [1.82, 2.24) is 4.90 Å². The number of primary amides is 1. The van der Waals surface area contributed by atoms with Gasteiger partial charge in [-0.15, -0.1) is 0 Å². The molecule has 0 unspecified atom stereocenters. The van der Waals surface area contributed by atoms with Crippen LogP contribution in [0.1, 0.15) is 12.0 Å². The van der Waals surface area contributed by atoms with Crippen LogP contribution in [0.4, 0.5) is 10.1 Å². The fourth-order valence-electron chi connectivity index (χ4n) is 2.70. The molecule has 2 amide bonds. The molecule has 0 aliphatic rings. The molecule has 27 heavy (non-hydrogen) atoms. The zero-order valence-electron chi connectivity index (χ0n) is 15.5. The maximum Gasteiger partial charge on any atom is 0.241 e. The van der Waals surface area contributed by atoms with E-state index in [9.17, 15) is 14.0 Å². The molecular formula is C20H24FN3O3. The van der Waals surface area contributed by atoms with E-state index < -0.39 is 5.91 Å². The number of rotatable bonds is 9. The molecule has 0 atom stereocenters. The summed E-state index contributed by atoms with van der Waals surface area (Å²) in [5, 5.41) is 0. The number of halogens is 1. The molecule has 0 fully saturated rings. The van der Waals surface area contributed by atoms with Gasteiger partial charge in [-0.1, -0.05) is 12.1 Å². The highest BCUT2D eigenvalue weighted by Crippen LogP contribution is 2.20. The first-order valence-electron chi connectivity index (χ1n) is 8.54. The maximum absolute atomic E-state index is 13.3. The van der Waals surface area contributed by atoms with Crippen LogP contribution in [-0.4, -0.2) is 44.0 Å². The van der Waals surface area contributed by atoms with Gasteiger partial charge in [-0.25, -0.2) is 4.39 Å². The van der Waals surface area contributed by atoms with Crippen molar-refractivity contribution < 1.29 is 18.7 Å². The zero-order valence-corrected chi connectivity index (χ0v) is 15.5. The molecule has 7 heteroatoms. The highest BCUT2D eigenvalue weighted by molar-refractivity contribution is 5.95. The van der Waals surface area contributed by atoms with E-state index in [2.05, 4.69) is 0 Å². The lowest BCUT2D eigenvalue weighted by molar-refractivity contribution is -0.119. The maximum atomic E-state index is 13.3. The molecule has 2 N–H and O–H groups in total. The van der Waals surface area contributed by atoms with Gasteiger partial charge in [0.25, 0.3) is 0 Å². The minimum atomic E-state index is -0.477. The smallest absolute Gasteiger partial charge is 0.241 e. The van der Waals surface area contributed by atoms with E-state index in [0.29, 0.717) is 18.0 Å². The Kier molecular flexibility index (Phi) is 7.31. The number of carbonyl (C=O) groups excluding carboxylic acids is 2. The fraction of sp³-hybridized carbons (Fsp3) is 0.300. The second-order valence-corrected chi connectivity index (χ2v) is 6.26. The molecule has 0 heterocycles. The van der Waals surface area contributed by atoms with Crippen molar-refractivity contribution in [2.24, 2.45) is 5.73 Å². The minimum Gasteiger partial charge on any atom is -0.497 e. The van der Waals surface area contributed by atoms with E-state index in [-0.39, 0.29) is 31.2 Å². The van der Waals surface area contributed by atoms with Gasteiger partial charge in [-0.3, -0.25) is 14.5 Å². The Hall–Kier alpha value is -2.93. The van der Waals surface area contributed by atoms with E-state index in [1.165, 1.54) is 17.0 Å². The van der Waals surface area contributed by atoms with Gasteiger partial charge in [0.2, 0.25) is 11.8 Å². The monoisotopic (exact) mass is 373 g/mol. The Bertz CT molecular complexity index is 780. The van der Waals surface area contributed by atoms with Gasteiger partial charge in [0, 0.05) is 25.2 Å². The van der Waals surface area contributed by atoms with E-state index in [0.717, 1.165) is 5.56 Å². The molecule has 0 saturated heterocycles. The Balaban J connectivity index is 2.08. The normalized spacial score (nSPS) is 10.7. The Morgan fingerprint density at radius 1 is 1.15 bits per heavy atom. The first-order chi connectivity index (χ1) is 12.9. The third-order valence-corrected chi connectivity index (χ3v) is 4.01. The molecule has 2 rings (SSSR count). The predicted octanol–water partition coefficient (Wildman–Crippen LogP) is 2.17. The van der Waals surface area contributed by atoms with Crippen LogP contribution in [0, 0.1) is 5.82 Å². The summed E-state index contributed by atoms with van der Waals surface area (Å²) < 4.78 is 18.5. The molecular weight excluding hydrogens is 349 g/mol. The number of methoxy groups -OCH3 is 1. The van der Waals surface area contributed by atoms with Crippen LogP contribution in [0.15, 0.2) is 48.5 Å². The summed E-state index contributed by atoms with van der Waals surface area (Å²) in [6, 6.07) is 13.3. The van der Waals surface area contributed by atoms with Crippen molar-refractivity contribution >= 4 is 17.5 Å². The Labute approximate surface area is 158 Å². The summed E-state index contributed by atoms with van der Waals surface area (Å²) >= 11 is 0. The molecule has 2 aromatic carbocycles. The molecule has 0 aromatic heterocycles. The number of hydrogen-bond acceptors (Lipinski definition) is 4. The van der Waals surface area contributed by atoms with Crippen LogP contribution in [-0.2, 0) is 16.1 Å². The van der Waals surface area contributed by atoms with Crippen molar-refractivity contribution in [3.05, 3.63) is 59.9 Å². The lowest BCUT2D eigenvalue weighted by atomic mass is 10.2. The van der Waals surface area contributed by atoms with E-state index >= 15 is 0 Å². The van der Waals surface area contributed by atoms with Crippen LogP contribution in [0.3, 0.4) is 0 Å². The summed E-state index contributed by atoms with van der Waals surface area (Å²) in [5.41, 5.74) is 6.67. The number of likely N-dealkylation sites (N-methyl/N-ethyl adjacent to an activating group) is 1. The number of hydrogen-bond donors (Lipinski definition) is 1. The van der Waals surface area contributed by atoms with Gasteiger partial charge in [0.1, 0.15) is 11.6 Å². The first kappa shape index (κ1) is 20.4. The number of carbonyl (C=O) groups is 2. The number of ether oxygens (including phenoxy) is 1. The Morgan fingerprint density at radius 3 is 2.44 bits per heavy atom. The number of benzene rings is 2. The van der Waals surface area contributed by atoms with Gasteiger partial charge in [-0.05, 0) is 49.0 Å². The second kappa shape index (κ2) is 9.68. The second-order valence-electron chi connectivity index (χ2n) is 6.26. The third kappa shape index (κ3) is 6.38. The van der Waals surface area contributed by atoms with E-state index in [1.54, 1.807) is 55.5 Å². The van der Waals surface area contributed by atoms with Gasteiger partial charge < -0.3 is 15.4 Å². The van der Waals surface area contributed by atoms with Gasteiger partial charge in [0.15, 0.2) is 0 Å². The average Bonchev–Trinajstić information content (AvgIpc) is 2.62. The number of amides is 2. The van der Waals surface area contributed by atoms with Gasteiger partial charge in [0.05, 0.1) is 13.7 Å². The highest BCUT2D eigenvalue weighted by atomic mass is 19.1. The van der Waals surface area contributed by atoms with E-state index in [1.807, 2.05) is 0 Å². The summed E-state index contributed by atoms with van der Waals surface area (Å²) in [7, 11) is 3.34. The number of anilines is 1. The molecule has 0 aliphatic heterocycles. The number of nitrogens with two attached hydrogens (primary N) is 1. The van der Waals surface area contributed by atoms with Gasteiger partial charge >= 0.3 is 0 Å². The van der Waals surface area contributed by atoms with Crippen LogP contribution >= 0.6 is 0 Å². The van der Waals surface area contributed by atoms with Crippen molar-refractivity contribution in [1.29, 1.82) is 0 Å². The van der Waals surface area contributed by atoms with Crippen LogP contribution < -0.4 is 15.4 Å². The van der Waals surface area contributed by atoms with Crippen LogP contribution in [0.25, 0.3) is 0 Å². The first-order valence-corrected chi connectivity index (χ1v) is 8.54. The minimum absolute atomic E-state index is 0.0609. The van der Waals surface area contributed by atoms with Crippen LogP contribution in [0.2, 0.25) is 0 Å². The average molecular weight is 373 g/mol. The number of nitrogens with zero attached hydrogens (tertiary/aromatic N) is 2. The molecule has 6 nitrogen and oxygen atoms in total. The molecule has 2 aromatic rings. The topological polar surface area (TPSA) is 75.9 Å². The molecule has 0 radical (unpaired) electrons. The summed E-state index contributed by atoms with van der Waals surface area (Å²) in [5.74, 6) is -0.299. The molecule has 0 saturated carbocycles. The van der Waals surface area contributed by atoms with Crippen LogP contribution in [0.5, 0.6) is 5.75 Å². The molecule has 0 bridgehead atoms. The van der Waals surface area contributed by atoms with Crippen molar-refractivity contribution in [2.45, 2.75) is 13.0 Å².